The predicted molar refractivity (Wildman–Crippen MR) is 116 cm³/mol. The van der Waals surface area contributed by atoms with Gasteiger partial charge < -0.3 is 0 Å². The summed E-state index contributed by atoms with van der Waals surface area (Å²) in [5.41, 5.74) is 3.06. The van der Waals surface area contributed by atoms with Gasteiger partial charge in [-0.1, -0.05) is 24.3 Å². The first-order valence-electron chi connectivity index (χ1n) is 9.61. The fraction of sp³-hybridized carbons (Fsp3) is 0. The van der Waals surface area contributed by atoms with Crippen LogP contribution in [0.5, 0.6) is 0 Å². The van der Waals surface area contributed by atoms with Gasteiger partial charge in [-0.2, -0.15) is 10.2 Å². The van der Waals surface area contributed by atoms with Crippen molar-refractivity contribution in [2.45, 2.75) is 0 Å². The minimum Gasteiger partial charge on any atom is -0.287 e. The molecule has 0 spiro atoms. The Kier molecular flexibility index (Phi) is 4.68. The van der Waals surface area contributed by atoms with Crippen molar-refractivity contribution in [1.29, 1.82) is 0 Å². The summed E-state index contributed by atoms with van der Waals surface area (Å²) < 4.78 is 18.0. The number of aromatic nitrogens is 5. The summed E-state index contributed by atoms with van der Waals surface area (Å²) in [5, 5.41) is 8.75. The molecule has 3 heterocycles. The highest BCUT2D eigenvalue weighted by Crippen LogP contribution is 2.24. The SMILES string of the molecule is O=c1ccn(-c2ccc(-c3ccncc3)cc2F)nc1-c1ccnn1-c1ccccc1. The molecule has 0 amide bonds. The lowest BCUT2D eigenvalue weighted by molar-refractivity contribution is 0.609. The minimum absolute atomic E-state index is 0.182. The van der Waals surface area contributed by atoms with Gasteiger partial charge in [0.1, 0.15) is 11.5 Å². The Morgan fingerprint density at radius 1 is 0.806 bits per heavy atom. The fourth-order valence-corrected chi connectivity index (χ4v) is 3.39. The van der Waals surface area contributed by atoms with Crippen LogP contribution in [0.25, 0.3) is 33.9 Å². The van der Waals surface area contributed by atoms with Crippen molar-refractivity contribution in [3.05, 3.63) is 114 Å². The molecule has 0 unspecified atom stereocenters. The fourth-order valence-electron chi connectivity index (χ4n) is 3.39. The van der Waals surface area contributed by atoms with Crippen LogP contribution in [-0.4, -0.2) is 24.5 Å². The number of rotatable bonds is 4. The van der Waals surface area contributed by atoms with Gasteiger partial charge in [0.15, 0.2) is 5.69 Å². The highest BCUT2D eigenvalue weighted by Gasteiger charge is 2.15. The van der Waals surface area contributed by atoms with Crippen molar-refractivity contribution < 1.29 is 4.39 Å². The van der Waals surface area contributed by atoms with Gasteiger partial charge in [-0.05, 0) is 53.6 Å². The number of para-hydroxylation sites is 1. The number of benzene rings is 2. The Labute approximate surface area is 176 Å². The van der Waals surface area contributed by atoms with Crippen molar-refractivity contribution in [1.82, 2.24) is 24.5 Å². The lowest BCUT2D eigenvalue weighted by Crippen LogP contribution is -2.15. The first-order chi connectivity index (χ1) is 15.2. The average molecular weight is 409 g/mol. The second-order valence-corrected chi connectivity index (χ2v) is 6.84. The van der Waals surface area contributed by atoms with Gasteiger partial charge in [0.05, 0.1) is 17.6 Å². The maximum absolute atomic E-state index is 15.0. The molecule has 0 radical (unpaired) electrons. The monoisotopic (exact) mass is 409 g/mol. The van der Waals surface area contributed by atoms with Crippen LogP contribution < -0.4 is 5.43 Å². The third-order valence-corrected chi connectivity index (χ3v) is 4.90. The van der Waals surface area contributed by atoms with E-state index < -0.39 is 5.82 Å². The summed E-state index contributed by atoms with van der Waals surface area (Å²) in [7, 11) is 0. The van der Waals surface area contributed by atoms with E-state index in [4.69, 9.17) is 0 Å². The van der Waals surface area contributed by atoms with Crippen molar-refractivity contribution in [2.24, 2.45) is 0 Å². The molecule has 2 aromatic carbocycles. The molecule has 0 atom stereocenters. The molecule has 3 aromatic heterocycles. The van der Waals surface area contributed by atoms with Gasteiger partial charge in [0, 0.05) is 24.7 Å². The molecule has 150 valence electrons. The summed E-state index contributed by atoms with van der Waals surface area (Å²) in [4.78, 5) is 16.6. The van der Waals surface area contributed by atoms with Crippen molar-refractivity contribution in [3.63, 3.8) is 0 Å². The summed E-state index contributed by atoms with van der Waals surface area (Å²) >= 11 is 0. The van der Waals surface area contributed by atoms with Crippen LogP contribution in [-0.2, 0) is 0 Å². The molecule has 31 heavy (non-hydrogen) atoms. The van der Waals surface area contributed by atoms with Crippen LogP contribution in [0.3, 0.4) is 0 Å². The molecular weight excluding hydrogens is 393 g/mol. The van der Waals surface area contributed by atoms with E-state index >= 15 is 0 Å². The van der Waals surface area contributed by atoms with Crippen molar-refractivity contribution >= 4 is 0 Å². The van der Waals surface area contributed by atoms with Gasteiger partial charge in [0.25, 0.3) is 0 Å². The lowest BCUT2D eigenvalue weighted by Gasteiger charge is -2.11. The van der Waals surface area contributed by atoms with Gasteiger partial charge >= 0.3 is 0 Å². The average Bonchev–Trinajstić information content (AvgIpc) is 3.30. The Hall–Kier alpha value is -4.39. The maximum Gasteiger partial charge on any atom is 0.209 e. The molecule has 0 N–H and O–H groups in total. The topological polar surface area (TPSA) is 65.6 Å². The van der Waals surface area contributed by atoms with Crippen LogP contribution in [0, 0.1) is 5.82 Å². The standard InChI is InChI=1S/C24H16FN5O/c25-20-16-18(17-8-12-26-13-9-17)6-7-21(20)29-15-11-23(31)24(28-29)22-10-14-27-30(22)19-4-2-1-3-5-19/h1-16H. The highest BCUT2D eigenvalue weighted by molar-refractivity contribution is 5.64. The van der Waals surface area contributed by atoms with Gasteiger partial charge in [-0.3, -0.25) is 9.78 Å². The summed E-state index contributed by atoms with van der Waals surface area (Å²) in [6.07, 6.45) is 6.38. The lowest BCUT2D eigenvalue weighted by atomic mass is 10.1. The molecule has 0 aliphatic rings. The van der Waals surface area contributed by atoms with E-state index in [0.717, 1.165) is 16.8 Å². The quantitative estimate of drug-likeness (QED) is 0.444. The first kappa shape index (κ1) is 18.6. The molecule has 0 aliphatic heterocycles. The second kappa shape index (κ2) is 7.79. The third-order valence-electron chi connectivity index (χ3n) is 4.90. The highest BCUT2D eigenvalue weighted by atomic mass is 19.1. The Bertz CT molecular complexity index is 1410. The van der Waals surface area contributed by atoms with Crippen LogP contribution in [0.4, 0.5) is 4.39 Å². The number of halogens is 1. The predicted octanol–water partition coefficient (Wildman–Crippen LogP) is 4.29. The van der Waals surface area contributed by atoms with Crippen LogP contribution in [0.2, 0.25) is 0 Å². The molecule has 0 bridgehead atoms. The Morgan fingerprint density at radius 2 is 1.61 bits per heavy atom. The van der Waals surface area contributed by atoms with Crippen LogP contribution in [0.1, 0.15) is 0 Å². The van der Waals surface area contributed by atoms with E-state index in [1.807, 2.05) is 42.5 Å². The summed E-state index contributed by atoms with van der Waals surface area (Å²) in [6.45, 7) is 0. The molecule has 6 nitrogen and oxygen atoms in total. The zero-order chi connectivity index (χ0) is 21.2. The van der Waals surface area contributed by atoms with E-state index in [1.165, 1.54) is 23.0 Å². The summed E-state index contributed by atoms with van der Waals surface area (Å²) in [5.74, 6) is -0.451. The minimum atomic E-state index is -0.451. The van der Waals surface area contributed by atoms with E-state index in [1.54, 1.807) is 41.5 Å². The zero-order valence-electron chi connectivity index (χ0n) is 16.3. The Morgan fingerprint density at radius 3 is 2.39 bits per heavy atom. The van der Waals surface area contributed by atoms with Crippen molar-refractivity contribution in [3.8, 4) is 33.9 Å². The normalized spacial score (nSPS) is 10.9. The maximum atomic E-state index is 15.0. The van der Waals surface area contributed by atoms with E-state index in [0.29, 0.717) is 5.69 Å². The third kappa shape index (κ3) is 3.53. The second-order valence-electron chi connectivity index (χ2n) is 6.84. The zero-order valence-corrected chi connectivity index (χ0v) is 16.3. The summed E-state index contributed by atoms with van der Waals surface area (Å²) in [6, 6.07) is 21.0. The largest absolute Gasteiger partial charge is 0.287 e. The van der Waals surface area contributed by atoms with E-state index in [2.05, 4.69) is 15.2 Å². The molecule has 5 aromatic rings. The smallest absolute Gasteiger partial charge is 0.209 e. The van der Waals surface area contributed by atoms with Gasteiger partial charge in [-0.15, -0.1) is 0 Å². The number of hydrogen-bond donors (Lipinski definition) is 0. The molecule has 5 rings (SSSR count). The Balaban J connectivity index is 1.58. The van der Waals surface area contributed by atoms with Crippen LogP contribution in [0.15, 0.2) is 102 Å². The molecule has 7 heteroatoms. The number of hydrogen-bond acceptors (Lipinski definition) is 4. The molecular formula is C24H16FN5O. The molecule has 0 aliphatic carbocycles. The van der Waals surface area contributed by atoms with Gasteiger partial charge in [0.2, 0.25) is 5.43 Å². The van der Waals surface area contributed by atoms with Crippen LogP contribution >= 0.6 is 0 Å². The number of nitrogens with zero attached hydrogens (tertiary/aromatic N) is 5. The van der Waals surface area contributed by atoms with Crippen molar-refractivity contribution in [2.75, 3.05) is 0 Å². The molecule has 0 saturated carbocycles. The number of pyridine rings is 1. The van der Waals surface area contributed by atoms with E-state index in [9.17, 15) is 9.18 Å². The molecule has 0 fully saturated rings. The van der Waals surface area contributed by atoms with E-state index in [-0.39, 0.29) is 16.8 Å². The first-order valence-corrected chi connectivity index (χ1v) is 9.61. The molecule has 0 saturated heterocycles. The van der Waals surface area contributed by atoms with Gasteiger partial charge in [-0.25, -0.2) is 13.8 Å².